The van der Waals surface area contributed by atoms with E-state index in [4.69, 9.17) is 23.7 Å². The minimum atomic E-state index is -1.39. The van der Waals surface area contributed by atoms with Crippen LogP contribution in [-0.4, -0.2) is 94.8 Å². The van der Waals surface area contributed by atoms with E-state index in [2.05, 4.69) is 4.90 Å². The zero-order valence-corrected chi connectivity index (χ0v) is 25.3. The fraction of sp³-hybridized carbons (Fsp3) is 0.533. The lowest BCUT2D eigenvalue weighted by Crippen LogP contribution is -2.69. The van der Waals surface area contributed by atoms with Crippen LogP contribution >= 0.6 is 11.8 Å². The molecule has 0 amide bonds. The lowest BCUT2D eigenvalue weighted by atomic mass is 9.73. The molecule has 0 aromatic heterocycles. The van der Waals surface area contributed by atoms with Gasteiger partial charge in [0.15, 0.2) is 29.1 Å². The molecule has 5 aliphatic rings. The summed E-state index contributed by atoms with van der Waals surface area (Å²) in [5.41, 5.74) is 4.24. The number of aliphatic hydroxyl groups excluding tert-OH is 2. The van der Waals surface area contributed by atoms with Gasteiger partial charge < -0.3 is 39.0 Å². The van der Waals surface area contributed by atoms with E-state index in [-0.39, 0.29) is 30.9 Å². The number of piperazine rings is 1. The number of phenolic OH excluding ortho intramolecular Hbond substituents is 1. The molecule has 0 radical (unpaired) electrons. The number of aliphatic hydroxyl groups is 2. The minimum Gasteiger partial charge on any atom is -0.504 e. The Morgan fingerprint density at radius 3 is 2.56 bits per heavy atom. The second-order valence-corrected chi connectivity index (χ2v) is 12.9. The van der Waals surface area contributed by atoms with Gasteiger partial charge in [-0.15, -0.1) is 11.8 Å². The molecule has 12 nitrogen and oxygen atoms in total. The summed E-state index contributed by atoms with van der Waals surface area (Å²) in [7, 11) is 3.44. The first kappa shape index (κ1) is 28.5. The predicted octanol–water partition coefficient (Wildman–Crippen LogP) is 2.02. The molecule has 2 fully saturated rings. The number of hydrogen-bond donors (Lipinski definition) is 3. The van der Waals surface area contributed by atoms with Crippen LogP contribution in [-0.2, 0) is 20.7 Å². The van der Waals surface area contributed by atoms with Crippen molar-refractivity contribution in [1.29, 1.82) is 0 Å². The van der Waals surface area contributed by atoms with E-state index >= 15 is 0 Å². The van der Waals surface area contributed by atoms with Crippen LogP contribution < -0.4 is 18.9 Å². The van der Waals surface area contributed by atoms with Crippen molar-refractivity contribution >= 4 is 23.7 Å². The molecule has 4 bridgehead atoms. The molecule has 2 aromatic rings. The number of cyclic esters (lactones) is 1. The largest absolute Gasteiger partial charge is 0.504 e. The van der Waals surface area contributed by atoms with Gasteiger partial charge in [0.2, 0.25) is 6.79 Å². The number of nitrogens with zero attached hydrogens (tertiary/aromatic N) is 2. The number of thioether (sulfide) groups is 1. The van der Waals surface area contributed by atoms with Gasteiger partial charge in [-0.05, 0) is 38.4 Å². The summed E-state index contributed by atoms with van der Waals surface area (Å²) in [6, 6.07) is -0.0947. The van der Waals surface area contributed by atoms with Crippen LogP contribution in [0.25, 0.3) is 0 Å². The number of aromatic hydroxyl groups is 1. The molecule has 0 aliphatic carbocycles. The van der Waals surface area contributed by atoms with Crippen LogP contribution in [0.2, 0.25) is 0 Å². The highest BCUT2D eigenvalue weighted by Gasteiger charge is 2.60. The van der Waals surface area contributed by atoms with E-state index in [0.29, 0.717) is 51.7 Å². The van der Waals surface area contributed by atoms with Crippen LogP contribution in [0.3, 0.4) is 0 Å². The first-order chi connectivity index (χ1) is 20.5. The molecule has 2 aromatic carbocycles. The molecule has 5 aliphatic heterocycles. The molecule has 2 saturated heterocycles. The quantitative estimate of drug-likeness (QED) is 0.335. The van der Waals surface area contributed by atoms with Crippen molar-refractivity contribution in [3.05, 3.63) is 39.4 Å². The normalized spacial score (nSPS) is 31.0. The summed E-state index contributed by atoms with van der Waals surface area (Å²) in [6.45, 7) is 4.75. The van der Waals surface area contributed by atoms with Gasteiger partial charge >= 0.3 is 11.9 Å². The number of carbonyl (C=O) groups excluding carboxylic acids is 2. The van der Waals surface area contributed by atoms with Crippen LogP contribution in [0.15, 0.2) is 6.07 Å². The number of rotatable bonds is 2. The van der Waals surface area contributed by atoms with Crippen molar-refractivity contribution < 1.29 is 48.6 Å². The Balaban J connectivity index is 1.54. The molecule has 13 heteroatoms. The highest BCUT2D eigenvalue weighted by molar-refractivity contribution is 7.99. The first-order valence-electron chi connectivity index (χ1n) is 14.2. The highest BCUT2D eigenvalue weighted by atomic mass is 32.2. The zero-order valence-electron chi connectivity index (χ0n) is 24.4. The van der Waals surface area contributed by atoms with Crippen molar-refractivity contribution in [1.82, 2.24) is 9.80 Å². The number of phenols is 1. The summed E-state index contributed by atoms with van der Waals surface area (Å²) in [4.78, 5) is 29.3. The molecule has 7 atom stereocenters. The zero-order chi connectivity index (χ0) is 30.5. The lowest BCUT2D eigenvalue weighted by molar-refractivity contribution is -0.186. The summed E-state index contributed by atoms with van der Waals surface area (Å²) in [5.74, 6) is 0.317. The van der Waals surface area contributed by atoms with E-state index in [1.165, 1.54) is 25.8 Å². The van der Waals surface area contributed by atoms with E-state index in [1.807, 2.05) is 24.9 Å². The van der Waals surface area contributed by atoms with Gasteiger partial charge in [-0.3, -0.25) is 14.6 Å². The Bertz CT molecular complexity index is 1550. The van der Waals surface area contributed by atoms with Crippen molar-refractivity contribution in [3.63, 3.8) is 0 Å². The number of fused-ring (bicyclic) bond motifs is 9. The fourth-order valence-corrected chi connectivity index (χ4v) is 9.18. The highest BCUT2D eigenvalue weighted by Crippen LogP contribution is 2.63. The lowest BCUT2D eigenvalue weighted by Gasteiger charge is -2.61. The monoisotopic (exact) mass is 614 g/mol. The van der Waals surface area contributed by atoms with Crippen LogP contribution in [0.5, 0.6) is 28.7 Å². The number of hydrogen-bond acceptors (Lipinski definition) is 13. The molecular formula is C30H34N2O10S. The van der Waals surface area contributed by atoms with E-state index in [1.54, 1.807) is 6.92 Å². The summed E-state index contributed by atoms with van der Waals surface area (Å²) in [6.07, 6.45) is -1.93. The number of benzene rings is 2. The van der Waals surface area contributed by atoms with Gasteiger partial charge in [0.25, 0.3) is 0 Å². The average molecular weight is 615 g/mol. The third-order valence-electron chi connectivity index (χ3n) is 9.47. The third kappa shape index (κ3) is 3.98. The van der Waals surface area contributed by atoms with Crippen molar-refractivity contribution in [2.75, 3.05) is 33.3 Å². The second kappa shape index (κ2) is 10.2. The van der Waals surface area contributed by atoms with Crippen LogP contribution in [0, 0.1) is 13.8 Å². The third-order valence-corrected chi connectivity index (χ3v) is 10.9. The molecule has 0 saturated carbocycles. The van der Waals surface area contributed by atoms with Crippen LogP contribution in [0.1, 0.15) is 57.6 Å². The van der Waals surface area contributed by atoms with Crippen molar-refractivity contribution in [2.45, 2.75) is 68.9 Å². The summed E-state index contributed by atoms with van der Waals surface area (Å²) in [5, 5.41) is 34.0. The number of esters is 2. The minimum absolute atomic E-state index is 0.0169. The van der Waals surface area contributed by atoms with E-state index < -0.39 is 47.6 Å². The van der Waals surface area contributed by atoms with Gasteiger partial charge in [0.05, 0.1) is 30.5 Å². The Kier molecular flexibility index (Phi) is 6.74. The molecule has 0 spiro atoms. The fourth-order valence-electron chi connectivity index (χ4n) is 7.77. The summed E-state index contributed by atoms with van der Waals surface area (Å²) < 4.78 is 29.0. The molecule has 3 N–H and O–H groups in total. The number of aryl methyl sites for hydroxylation is 1. The molecule has 1 unspecified atom stereocenters. The molecule has 7 rings (SSSR count). The summed E-state index contributed by atoms with van der Waals surface area (Å²) >= 11 is 1.30. The molecule has 43 heavy (non-hydrogen) atoms. The van der Waals surface area contributed by atoms with Crippen molar-refractivity contribution in [3.8, 4) is 28.7 Å². The van der Waals surface area contributed by atoms with E-state index in [0.717, 1.165) is 11.1 Å². The first-order valence-corrected chi connectivity index (χ1v) is 15.3. The number of ether oxygens (including phenoxy) is 5. The number of likely N-dealkylation sites (N-methyl/N-ethyl adjacent to an activating group) is 1. The van der Waals surface area contributed by atoms with Gasteiger partial charge in [-0.1, -0.05) is 6.07 Å². The Labute approximate surface area is 252 Å². The Morgan fingerprint density at radius 1 is 1.09 bits per heavy atom. The Morgan fingerprint density at radius 2 is 1.84 bits per heavy atom. The molecular weight excluding hydrogens is 580 g/mol. The molecule has 5 heterocycles. The number of carbonyl (C=O) groups is 2. The van der Waals surface area contributed by atoms with Gasteiger partial charge in [-0.2, -0.15) is 0 Å². The van der Waals surface area contributed by atoms with Gasteiger partial charge in [-0.25, -0.2) is 4.79 Å². The SMILES string of the molecule is COc1c(C)cc2c(c1O)[C@@H]1C3[C@@H]4SC[C@H](O)C(=O)OC[C@@H](c5c6c(c(C)c(OC(C)=O)c54)OCO6)N3[C@@H](O)[C@H](C2)N1C. The maximum absolute atomic E-state index is 12.8. The van der Waals surface area contributed by atoms with Crippen LogP contribution in [0.4, 0.5) is 0 Å². The average Bonchev–Trinajstić information content (AvgIpc) is 3.45. The topological polar surface area (TPSA) is 147 Å². The number of methoxy groups -OCH3 is 1. The molecule has 230 valence electrons. The van der Waals surface area contributed by atoms with E-state index in [9.17, 15) is 24.9 Å². The van der Waals surface area contributed by atoms with Crippen molar-refractivity contribution in [2.24, 2.45) is 0 Å². The second-order valence-electron chi connectivity index (χ2n) is 11.7. The van der Waals surface area contributed by atoms with Gasteiger partial charge in [0, 0.05) is 41.0 Å². The predicted molar refractivity (Wildman–Crippen MR) is 153 cm³/mol. The smallest absolute Gasteiger partial charge is 0.335 e. The van der Waals surface area contributed by atoms with Gasteiger partial charge in [0.1, 0.15) is 18.6 Å². The maximum atomic E-state index is 12.8. The Hall–Kier alpha value is -3.23. The maximum Gasteiger partial charge on any atom is 0.335 e. The standard InChI is InChI=1S/C30H34N2O10S/c1-11-6-14-7-15-29(36)32-16-8-39-30(37)17(34)9-43-28(22(32)21(31(15)4)18(14)23(35)24(11)38-5)20-19(16)27-26(40-10-41-27)12(2)25(20)42-13(3)33/h6,15-17,21-22,28-29,34-36H,7-10H2,1-5H3/t15-,16-,17-,21+,22?,28+,29-/m0/s1.